The van der Waals surface area contributed by atoms with E-state index < -0.39 is 0 Å². The molecular weight excluding hydrogens is 164 g/mol. The highest BCUT2D eigenvalue weighted by molar-refractivity contribution is 5.74. The summed E-state index contributed by atoms with van der Waals surface area (Å²) in [7, 11) is 0. The Bertz CT molecular complexity index is 185. The van der Waals surface area contributed by atoms with Crippen LogP contribution in [0.4, 0.5) is 4.79 Å². The Morgan fingerprint density at radius 1 is 1.46 bits per heavy atom. The van der Waals surface area contributed by atoms with Gasteiger partial charge in [-0.15, -0.1) is 0 Å². The quantitative estimate of drug-likeness (QED) is 0.688. The zero-order valence-electron chi connectivity index (χ0n) is 8.81. The van der Waals surface area contributed by atoms with Crippen molar-refractivity contribution >= 4 is 6.03 Å². The highest BCUT2D eigenvalue weighted by Crippen LogP contribution is 2.38. The first-order chi connectivity index (χ1) is 6.06. The molecule has 1 aliphatic rings. The summed E-state index contributed by atoms with van der Waals surface area (Å²) in [5, 5.41) is 5.82. The molecule has 0 aromatic heterocycles. The number of urea groups is 1. The number of carbonyl (C=O) groups is 1. The van der Waals surface area contributed by atoms with Crippen molar-refractivity contribution in [1.82, 2.24) is 10.6 Å². The van der Waals surface area contributed by atoms with Crippen molar-refractivity contribution in [3.8, 4) is 0 Å². The number of hydrogen-bond donors (Lipinski definition) is 2. The first-order valence-corrected chi connectivity index (χ1v) is 5.12. The number of amides is 2. The van der Waals surface area contributed by atoms with E-state index in [1.54, 1.807) is 0 Å². The summed E-state index contributed by atoms with van der Waals surface area (Å²) >= 11 is 0. The van der Waals surface area contributed by atoms with Gasteiger partial charge >= 0.3 is 6.03 Å². The maximum absolute atomic E-state index is 11.3. The van der Waals surface area contributed by atoms with Crippen LogP contribution in [0.1, 0.15) is 40.0 Å². The van der Waals surface area contributed by atoms with Gasteiger partial charge in [0.05, 0.1) is 0 Å². The molecule has 0 heterocycles. The lowest BCUT2D eigenvalue weighted by Gasteiger charge is -2.26. The lowest BCUT2D eigenvalue weighted by atomic mass is 9.99. The Morgan fingerprint density at radius 3 is 2.54 bits per heavy atom. The average molecular weight is 184 g/mol. The first-order valence-electron chi connectivity index (χ1n) is 5.12. The van der Waals surface area contributed by atoms with E-state index in [0.29, 0.717) is 5.92 Å². The second-order valence-corrected chi connectivity index (χ2v) is 4.38. The lowest BCUT2D eigenvalue weighted by molar-refractivity contribution is 0.225. The second kappa shape index (κ2) is 3.99. The van der Waals surface area contributed by atoms with Gasteiger partial charge < -0.3 is 10.6 Å². The van der Waals surface area contributed by atoms with E-state index in [1.165, 1.54) is 12.8 Å². The fraction of sp³-hybridized carbons (Fsp3) is 0.900. The van der Waals surface area contributed by atoms with E-state index in [9.17, 15) is 4.79 Å². The molecule has 13 heavy (non-hydrogen) atoms. The van der Waals surface area contributed by atoms with Gasteiger partial charge in [-0.3, -0.25) is 0 Å². The van der Waals surface area contributed by atoms with Gasteiger partial charge in [0.15, 0.2) is 0 Å². The maximum Gasteiger partial charge on any atom is 0.315 e. The van der Waals surface area contributed by atoms with Gasteiger partial charge in [0.25, 0.3) is 0 Å². The fourth-order valence-electron chi connectivity index (χ4n) is 1.48. The topological polar surface area (TPSA) is 41.1 Å². The molecule has 0 radical (unpaired) electrons. The van der Waals surface area contributed by atoms with Crippen LogP contribution < -0.4 is 10.6 Å². The van der Waals surface area contributed by atoms with E-state index in [-0.39, 0.29) is 11.6 Å². The van der Waals surface area contributed by atoms with Crippen LogP contribution >= 0.6 is 0 Å². The Morgan fingerprint density at radius 2 is 2.08 bits per heavy atom. The third-order valence-electron chi connectivity index (χ3n) is 2.57. The van der Waals surface area contributed by atoms with E-state index >= 15 is 0 Å². The molecule has 3 heteroatoms. The van der Waals surface area contributed by atoms with Crippen LogP contribution in [0, 0.1) is 5.92 Å². The number of nitrogens with one attached hydrogen (secondary N) is 2. The Kier molecular flexibility index (Phi) is 3.17. The van der Waals surface area contributed by atoms with Crippen LogP contribution in [-0.4, -0.2) is 18.1 Å². The minimum atomic E-state index is -0.0299. The van der Waals surface area contributed by atoms with E-state index in [2.05, 4.69) is 24.5 Å². The summed E-state index contributed by atoms with van der Waals surface area (Å²) in [5.41, 5.74) is -0.0299. The summed E-state index contributed by atoms with van der Waals surface area (Å²) in [4.78, 5) is 11.3. The molecule has 1 saturated carbocycles. The number of rotatable bonds is 4. The summed E-state index contributed by atoms with van der Waals surface area (Å²) in [6, 6.07) is -0.0289. The van der Waals surface area contributed by atoms with Crippen molar-refractivity contribution in [2.24, 2.45) is 5.92 Å². The minimum absolute atomic E-state index is 0.0289. The Labute approximate surface area is 80.3 Å². The molecule has 0 aliphatic heterocycles. The predicted octanol–water partition coefficient (Wildman–Crippen LogP) is 1.88. The highest BCUT2D eigenvalue weighted by atomic mass is 16.2. The Balaban J connectivity index is 2.25. The highest BCUT2D eigenvalue weighted by Gasteiger charge is 2.38. The van der Waals surface area contributed by atoms with E-state index in [0.717, 1.165) is 13.0 Å². The SMILES string of the molecule is CCCNC(=O)NC(C)(C)C1CC1. The monoisotopic (exact) mass is 184 g/mol. The van der Waals surface area contributed by atoms with E-state index in [1.807, 2.05) is 6.92 Å². The third-order valence-corrected chi connectivity index (χ3v) is 2.57. The zero-order chi connectivity index (χ0) is 9.90. The molecule has 0 saturated heterocycles. The van der Waals surface area contributed by atoms with Crippen molar-refractivity contribution in [2.45, 2.75) is 45.6 Å². The third kappa shape index (κ3) is 3.25. The van der Waals surface area contributed by atoms with Gasteiger partial charge in [-0.2, -0.15) is 0 Å². The molecule has 0 bridgehead atoms. The normalized spacial score (nSPS) is 16.8. The molecule has 3 nitrogen and oxygen atoms in total. The average Bonchev–Trinajstić information content (AvgIpc) is 2.81. The van der Waals surface area contributed by atoms with Gasteiger partial charge in [-0.05, 0) is 39.0 Å². The number of carbonyl (C=O) groups excluding carboxylic acids is 1. The van der Waals surface area contributed by atoms with Gasteiger partial charge in [0.1, 0.15) is 0 Å². The van der Waals surface area contributed by atoms with Crippen molar-refractivity contribution in [2.75, 3.05) is 6.54 Å². The van der Waals surface area contributed by atoms with Crippen LogP contribution in [-0.2, 0) is 0 Å². The van der Waals surface area contributed by atoms with Crippen LogP contribution in [0.25, 0.3) is 0 Å². The largest absolute Gasteiger partial charge is 0.338 e. The van der Waals surface area contributed by atoms with Gasteiger partial charge in [-0.1, -0.05) is 6.92 Å². The zero-order valence-corrected chi connectivity index (χ0v) is 8.81. The number of hydrogen-bond acceptors (Lipinski definition) is 1. The van der Waals surface area contributed by atoms with Crippen molar-refractivity contribution < 1.29 is 4.79 Å². The molecule has 1 aliphatic carbocycles. The molecule has 0 aromatic carbocycles. The van der Waals surface area contributed by atoms with Crippen LogP contribution in [0.5, 0.6) is 0 Å². The maximum atomic E-state index is 11.3. The fourth-order valence-corrected chi connectivity index (χ4v) is 1.48. The molecule has 1 rings (SSSR count). The summed E-state index contributed by atoms with van der Waals surface area (Å²) < 4.78 is 0. The van der Waals surface area contributed by atoms with Crippen LogP contribution in [0.2, 0.25) is 0 Å². The molecule has 2 N–H and O–H groups in total. The van der Waals surface area contributed by atoms with Crippen molar-refractivity contribution in [3.63, 3.8) is 0 Å². The molecule has 0 unspecified atom stereocenters. The van der Waals surface area contributed by atoms with E-state index in [4.69, 9.17) is 0 Å². The molecule has 76 valence electrons. The second-order valence-electron chi connectivity index (χ2n) is 4.38. The van der Waals surface area contributed by atoms with Crippen LogP contribution in [0.15, 0.2) is 0 Å². The minimum Gasteiger partial charge on any atom is -0.338 e. The lowest BCUT2D eigenvalue weighted by Crippen LogP contribution is -2.49. The predicted molar refractivity (Wildman–Crippen MR) is 53.6 cm³/mol. The van der Waals surface area contributed by atoms with Gasteiger partial charge in [0, 0.05) is 12.1 Å². The molecule has 1 fully saturated rings. The van der Waals surface area contributed by atoms with Gasteiger partial charge in [-0.25, -0.2) is 4.79 Å². The first kappa shape index (κ1) is 10.4. The molecule has 0 atom stereocenters. The molecular formula is C10H20N2O. The van der Waals surface area contributed by atoms with Crippen molar-refractivity contribution in [1.29, 1.82) is 0 Å². The van der Waals surface area contributed by atoms with Crippen molar-refractivity contribution in [3.05, 3.63) is 0 Å². The summed E-state index contributed by atoms with van der Waals surface area (Å²) in [6.07, 6.45) is 3.49. The molecule has 2 amide bonds. The standard InChI is InChI=1S/C10H20N2O/c1-4-7-11-9(13)12-10(2,3)8-5-6-8/h8H,4-7H2,1-3H3,(H2,11,12,13). The van der Waals surface area contributed by atoms with Crippen LogP contribution in [0.3, 0.4) is 0 Å². The molecule has 0 aromatic rings. The molecule has 0 spiro atoms. The Hall–Kier alpha value is -0.730. The summed E-state index contributed by atoms with van der Waals surface area (Å²) in [5.74, 6) is 0.680. The van der Waals surface area contributed by atoms with Gasteiger partial charge in [0.2, 0.25) is 0 Å². The summed E-state index contributed by atoms with van der Waals surface area (Å²) in [6.45, 7) is 6.99. The smallest absolute Gasteiger partial charge is 0.315 e.